The molecule has 3 aromatic heterocycles. The average Bonchev–Trinajstić information content (AvgIpc) is 3.25. The summed E-state index contributed by atoms with van der Waals surface area (Å²) in [7, 11) is 2.90. The Morgan fingerprint density at radius 1 is 1.06 bits per heavy atom. The molecule has 1 aliphatic carbocycles. The van der Waals surface area contributed by atoms with Crippen LogP contribution in [-0.4, -0.2) is 49.9 Å². The first-order chi connectivity index (χ1) is 16.3. The summed E-state index contributed by atoms with van der Waals surface area (Å²) in [6, 6.07) is 3.56. The van der Waals surface area contributed by atoms with Crippen molar-refractivity contribution < 1.29 is 18.3 Å². The highest BCUT2D eigenvalue weighted by atomic mass is 19.3. The minimum absolute atomic E-state index is 0.0500. The largest absolute Gasteiger partial charge is 0.490 e. The van der Waals surface area contributed by atoms with E-state index in [1.54, 1.807) is 12.1 Å². The monoisotopic (exact) mass is 475 g/mol. The minimum Gasteiger partial charge on any atom is -0.490 e. The van der Waals surface area contributed by atoms with Crippen molar-refractivity contribution in [2.75, 3.05) is 17.7 Å². The summed E-state index contributed by atoms with van der Waals surface area (Å²) in [5, 5.41) is 6.52. The lowest BCUT2D eigenvalue weighted by Gasteiger charge is -2.16. The number of rotatable bonds is 8. The van der Waals surface area contributed by atoms with Crippen molar-refractivity contribution >= 4 is 11.8 Å². The zero-order chi connectivity index (χ0) is 24.2. The van der Waals surface area contributed by atoms with Crippen molar-refractivity contribution in [2.45, 2.75) is 38.0 Å². The van der Waals surface area contributed by atoms with Gasteiger partial charge in [-0.05, 0) is 31.4 Å². The van der Waals surface area contributed by atoms with Crippen LogP contribution in [-0.2, 0) is 7.05 Å². The fourth-order valence-corrected chi connectivity index (χ4v) is 3.80. The van der Waals surface area contributed by atoms with Gasteiger partial charge in [0.2, 0.25) is 11.7 Å². The number of ether oxygens (including phenoxy) is 2. The summed E-state index contributed by atoms with van der Waals surface area (Å²) in [4.78, 5) is 37.3. The predicted molar refractivity (Wildman–Crippen MR) is 119 cm³/mol. The van der Waals surface area contributed by atoms with E-state index in [4.69, 9.17) is 4.74 Å². The number of pyridine rings is 1. The topological polar surface area (TPSA) is 125 Å². The molecule has 1 aliphatic rings. The molecule has 2 N–H and O–H groups in total. The summed E-state index contributed by atoms with van der Waals surface area (Å²) in [6.45, 7) is -2.92. The smallest absolute Gasteiger partial charge is 0.387 e. The van der Waals surface area contributed by atoms with Gasteiger partial charge < -0.3 is 20.1 Å². The van der Waals surface area contributed by atoms with Gasteiger partial charge >= 0.3 is 17.9 Å². The second-order valence-corrected chi connectivity index (χ2v) is 7.75. The van der Waals surface area contributed by atoms with E-state index in [-0.39, 0.29) is 23.6 Å². The van der Waals surface area contributed by atoms with Crippen LogP contribution in [0.1, 0.15) is 19.3 Å². The highest BCUT2D eigenvalue weighted by Gasteiger charge is 2.25. The fourth-order valence-electron chi connectivity index (χ4n) is 3.80. The van der Waals surface area contributed by atoms with E-state index in [0.29, 0.717) is 17.5 Å². The molecule has 3 heterocycles. The zero-order valence-electron chi connectivity index (χ0n) is 18.4. The maximum Gasteiger partial charge on any atom is 0.387 e. The molecule has 2 atom stereocenters. The number of methoxy groups -OCH3 is 1. The number of nitrogens with one attached hydrogen (secondary N) is 2. The number of hydrogen-bond donors (Lipinski definition) is 2. The van der Waals surface area contributed by atoms with Crippen molar-refractivity contribution in [3.63, 3.8) is 0 Å². The molecule has 0 bridgehead atoms. The number of alkyl halides is 2. The van der Waals surface area contributed by atoms with E-state index in [9.17, 15) is 18.4 Å². The molecule has 3 aromatic rings. The Labute approximate surface area is 192 Å². The van der Waals surface area contributed by atoms with Crippen LogP contribution in [0.3, 0.4) is 0 Å². The van der Waals surface area contributed by atoms with Crippen LogP contribution in [0.15, 0.2) is 46.5 Å². The standard InChI is InChI=1S/C21H23F2N7O4/c1-29-11-16(33-2)18(31)30(21(29)32)14-5-6-17(24-8-14)27-12-3-4-13(7-12)28-20-25-9-15(10-26-20)34-19(22)23/h5-6,8-13,19H,3-4,7H2,1-2H3,(H,24,27)(H,25,26,28)/t12-,13-/m0/s1. The first-order valence-corrected chi connectivity index (χ1v) is 10.5. The lowest BCUT2D eigenvalue weighted by molar-refractivity contribution is -0.0503. The molecule has 0 aliphatic heterocycles. The van der Waals surface area contributed by atoms with E-state index in [1.165, 1.54) is 43.5 Å². The Morgan fingerprint density at radius 2 is 1.76 bits per heavy atom. The van der Waals surface area contributed by atoms with Gasteiger partial charge in [0.1, 0.15) is 5.82 Å². The number of nitrogens with zero attached hydrogens (tertiary/aromatic N) is 5. The van der Waals surface area contributed by atoms with Crippen LogP contribution in [0.25, 0.3) is 5.69 Å². The highest BCUT2D eigenvalue weighted by molar-refractivity contribution is 5.42. The van der Waals surface area contributed by atoms with Crippen LogP contribution in [0.5, 0.6) is 11.5 Å². The SMILES string of the molecule is COc1cn(C)c(=O)n(-c2ccc(N[C@H]3CC[C@H](Nc4ncc(OC(F)F)cn4)C3)nc2)c1=O. The summed E-state index contributed by atoms with van der Waals surface area (Å²) < 4.78 is 36.0. The summed E-state index contributed by atoms with van der Waals surface area (Å²) in [5.74, 6) is 0.885. The Balaban J connectivity index is 1.37. The molecule has 0 amide bonds. The maximum absolute atomic E-state index is 12.5. The molecule has 13 heteroatoms. The van der Waals surface area contributed by atoms with E-state index in [1.807, 2.05) is 0 Å². The van der Waals surface area contributed by atoms with Gasteiger partial charge in [0.05, 0.1) is 37.6 Å². The quantitative estimate of drug-likeness (QED) is 0.501. The summed E-state index contributed by atoms with van der Waals surface area (Å²) in [6.07, 6.45) is 7.65. The average molecular weight is 475 g/mol. The first-order valence-electron chi connectivity index (χ1n) is 10.5. The molecule has 1 fully saturated rings. The molecule has 0 radical (unpaired) electrons. The van der Waals surface area contributed by atoms with Gasteiger partial charge in [0.25, 0.3) is 0 Å². The Bertz CT molecular complexity index is 1250. The van der Waals surface area contributed by atoms with Crippen LogP contribution < -0.4 is 31.4 Å². The molecule has 0 aromatic carbocycles. The van der Waals surface area contributed by atoms with Gasteiger partial charge in [-0.2, -0.15) is 8.78 Å². The molecule has 11 nitrogen and oxygen atoms in total. The van der Waals surface area contributed by atoms with Crippen molar-refractivity contribution in [3.8, 4) is 17.2 Å². The number of anilines is 2. The van der Waals surface area contributed by atoms with Crippen LogP contribution in [0.2, 0.25) is 0 Å². The van der Waals surface area contributed by atoms with E-state index in [2.05, 4.69) is 30.3 Å². The molecule has 0 unspecified atom stereocenters. The minimum atomic E-state index is -2.92. The fraction of sp³-hybridized carbons (Fsp3) is 0.381. The van der Waals surface area contributed by atoms with Gasteiger partial charge in [-0.3, -0.25) is 9.36 Å². The second-order valence-electron chi connectivity index (χ2n) is 7.75. The van der Waals surface area contributed by atoms with E-state index < -0.39 is 17.9 Å². The third-order valence-electron chi connectivity index (χ3n) is 5.41. The zero-order valence-corrected chi connectivity index (χ0v) is 18.4. The molecule has 0 spiro atoms. The van der Waals surface area contributed by atoms with Crippen LogP contribution >= 0.6 is 0 Å². The summed E-state index contributed by atoms with van der Waals surface area (Å²) in [5.41, 5.74) is -0.736. The van der Waals surface area contributed by atoms with Crippen molar-refractivity contribution in [1.29, 1.82) is 0 Å². The molecule has 180 valence electrons. The Morgan fingerprint density at radius 3 is 2.38 bits per heavy atom. The maximum atomic E-state index is 12.5. The van der Waals surface area contributed by atoms with Crippen molar-refractivity contribution in [3.05, 3.63) is 57.8 Å². The second kappa shape index (κ2) is 9.85. The Kier molecular flexibility index (Phi) is 6.70. The number of halogens is 2. The molecule has 0 saturated heterocycles. The number of aryl methyl sites for hydroxylation is 1. The molecular weight excluding hydrogens is 452 g/mol. The van der Waals surface area contributed by atoms with Gasteiger partial charge in [0.15, 0.2) is 5.75 Å². The lowest BCUT2D eigenvalue weighted by Crippen LogP contribution is -2.37. The first kappa shape index (κ1) is 23.1. The molecule has 1 saturated carbocycles. The van der Waals surface area contributed by atoms with Gasteiger partial charge in [-0.1, -0.05) is 0 Å². The molecule has 34 heavy (non-hydrogen) atoms. The van der Waals surface area contributed by atoms with Gasteiger partial charge in [-0.15, -0.1) is 0 Å². The van der Waals surface area contributed by atoms with Crippen LogP contribution in [0.4, 0.5) is 20.5 Å². The van der Waals surface area contributed by atoms with Crippen molar-refractivity contribution in [1.82, 2.24) is 24.1 Å². The van der Waals surface area contributed by atoms with Gasteiger partial charge in [-0.25, -0.2) is 24.3 Å². The van der Waals surface area contributed by atoms with Crippen molar-refractivity contribution in [2.24, 2.45) is 7.05 Å². The lowest BCUT2D eigenvalue weighted by atomic mass is 10.2. The van der Waals surface area contributed by atoms with Gasteiger partial charge in [0, 0.05) is 19.1 Å². The molecular formula is C21H23F2N7O4. The Hall–Kier alpha value is -4.03. The van der Waals surface area contributed by atoms with E-state index in [0.717, 1.165) is 23.8 Å². The normalized spacial score (nSPS) is 17.6. The van der Waals surface area contributed by atoms with Crippen LogP contribution in [0, 0.1) is 0 Å². The number of aromatic nitrogens is 5. The highest BCUT2D eigenvalue weighted by Crippen LogP contribution is 2.25. The third kappa shape index (κ3) is 5.13. The van der Waals surface area contributed by atoms with E-state index >= 15 is 0 Å². The summed E-state index contributed by atoms with van der Waals surface area (Å²) >= 11 is 0. The number of hydrogen-bond acceptors (Lipinski definition) is 9. The third-order valence-corrected chi connectivity index (χ3v) is 5.41. The molecule has 4 rings (SSSR count). The predicted octanol–water partition coefficient (Wildman–Crippen LogP) is 1.78.